The highest BCUT2D eigenvalue weighted by molar-refractivity contribution is 5.03. The van der Waals surface area contributed by atoms with E-state index in [2.05, 4.69) is 289 Å². The van der Waals surface area contributed by atoms with Gasteiger partial charge in [0.2, 0.25) is 0 Å². The van der Waals surface area contributed by atoms with Crippen molar-refractivity contribution >= 4 is 0 Å². The fraction of sp³-hybridized carbons (Fsp3) is 1.00. The Morgan fingerprint density at radius 2 is 0.646 bits per heavy atom. The van der Waals surface area contributed by atoms with Crippen LogP contribution in [0.5, 0.6) is 0 Å². The van der Waals surface area contributed by atoms with Gasteiger partial charge in [0.25, 0.3) is 0 Å². The molecule has 5 atom stereocenters. The van der Waals surface area contributed by atoms with Crippen LogP contribution in [0.15, 0.2) is 0 Å². The van der Waals surface area contributed by atoms with Crippen LogP contribution in [0.2, 0.25) is 0 Å². The zero-order valence-corrected chi connectivity index (χ0v) is 107. The molecule has 8 aliphatic carbocycles. The highest BCUT2D eigenvalue weighted by Gasteiger charge is 2.53. The van der Waals surface area contributed by atoms with Gasteiger partial charge < -0.3 is 85.1 Å². The second kappa shape index (κ2) is 59.6. The Labute approximate surface area is 906 Å². The van der Waals surface area contributed by atoms with E-state index in [1.165, 1.54) is 78.8 Å². The van der Waals surface area contributed by atoms with E-state index in [4.69, 9.17) is 46.2 Å². The molecule has 0 amide bonds. The van der Waals surface area contributed by atoms with Gasteiger partial charge in [0.05, 0.1) is 106 Å². The molecule has 874 valence electrons. The van der Waals surface area contributed by atoms with Gasteiger partial charge in [-0.3, -0.25) is 0 Å². The first-order chi connectivity index (χ1) is 65.7. The fourth-order valence-electron chi connectivity index (χ4n) is 18.9. The van der Waals surface area contributed by atoms with Crippen LogP contribution in [0.25, 0.3) is 0 Å². The Hall–Kier alpha value is -0.680. The van der Waals surface area contributed by atoms with E-state index in [-0.39, 0.29) is 86.0 Å². The summed E-state index contributed by atoms with van der Waals surface area (Å²) in [6.07, 6.45) is 20.2. The van der Waals surface area contributed by atoms with Crippen LogP contribution in [0.3, 0.4) is 0 Å². The average molecular weight is 2070 g/mol. The summed E-state index contributed by atoms with van der Waals surface area (Å²) in [5.41, 5.74) is 0.446. The lowest BCUT2D eigenvalue weighted by atomic mass is 9.55. The van der Waals surface area contributed by atoms with Crippen molar-refractivity contribution in [2.75, 3.05) is 92.8 Å². The summed E-state index contributed by atoms with van der Waals surface area (Å²) >= 11 is 0. The maximum atomic E-state index is 9.75. The quantitative estimate of drug-likeness (QED) is 0.108. The van der Waals surface area contributed by atoms with Crippen LogP contribution in [0.4, 0.5) is 0 Å². The number of hydrogen-bond acceptors (Lipinski definition) is 17. The minimum absolute atomic E-state index is 0.00854. The molecule has 13 aliphatic rings. The van der Waals surface area contributed by atoms with Crippen LogP contribution in [-0.2, 0) is 18.9 Å². The highest BCUT2D eigenvalue weighted by atomic mass is 16.5. The minimum atomic E-state index is -2.29. The maximum Gasteiger partial charge on any atom is 0.112 e. The summed E-state index contributed by atoms with van der Waals surface area (Å²) in [5.74, 6) is 4.35. The Kier molecular flexibility index (Phi) is 58.5. The molecule has 0 aromatic carbocycles. The summed E-state index contributed by atoms with van der Waals surface area (Å²) in [6, 6.07) is 0. The lowest BCUT2D eigenvalue weighted by Gasteiger charge is -2.50. The van der Waals surface area contributed by atoms with Gasteiger partial charge in [0.15, 0.2) is 0 Å². The van der Waals surface area contributed by atoms with Crippen LogP contribution in [0, 0.1) is 138 Å². The molecule has 5 saturated heterocycles. The van der Waals surface area contributed by atoms with E-state index >= 15 is 0 Å². The molecule has 0 spiro atoms. The van der Waals surface area contributed by atoms with E-state index in [9.17, 15) is 40.9 Å². The van der Waals surface area contributed by atoms with Gasteiger partial charge in [-0.15, -0.1) is 0 Å². The van der Waals surface area contributed by atoms with Gasteiger partial charge in [-0.05, 0) is 298 Å². The molecule has 0 radical (unpaired) electrons. The molecule has 13 fully saturated rings. The first kappa shape index (κ1) is 141. The molecule has 0 bridgehead atoms. The number of nitrogens with zero attached hydrogens (tertiary/aromatic N) is 1. The SMILES string of the molecule is CC.CC.CC.CC(C)(C)C1(C)COC1.CC(C)(C)C1(CO)CC1.CC(C)(C)C1(CO)CCC1.CC(C)(C)C1(CO)COC1.CC(C)(C)C1CC(O)C1.CC(C)(C)C1CC1O.CC(C)(C)C1CCC1O.CC(C)(C)C1COC1.CC(C)(C)CC1(O)CC1.CC(C)(C)CC1(O)CCC1.CC(C)(C)CC1(O)COC1.CC1(O)CC(C(C)(C)C)C1.CN1CC(C(C)(C)C)C1.[2H]C([2H])(C(C)(C)C)C(C)(C)O.[2H]C([2H])([2H])C(C)(O)CC(C)(C)C. The van der Waals surface area contributed by atoms with E-state index in [0.717, 1.165) is 134 Å². The van der Waals surface area contributed by atoms with Crippen molar-refractivity contribution in [2.45, 2.75) is 588 Å². The second-order valence-corrected chi connectivity index (χ2v) is 63.8. The monoisotopic (exact) mass is 2070 g/mol. The van der Waals surface area contributed by atoms with Crippen LogP contribution in [0.1, 0.15) is 543 Å². The molecule has 5 aliphatic heterocycles. The Morgan fingerprint density at radius 3 is 0.694 bits per heavy atom. The van der Waals surface area contributed by atoms with Crippen molar-refractivity contribution < 1.29 is 87.1 Å². The zero-order chi connectivity index (χ0) is 120. The number of hydrogen-bond donors (Lipinski definition) is 12. The Balaban J connectivity index is -0.000000495. The topological polar surface area (TPSA) is 283 Å². The predicted octanol–water partition coefficient (Wildman–Crippen LogP) is 30.5. The second-order valence-electron chi connectivity index (χ2n) is 63.8. The van der Waals surface area contributed by atoms with Gasteiger partial charge in [-0.25, -0.2) is 0 Å². The van der Waals surface area contributed by atoms with Crippen molar-refractivity contribution in [3.63, 3.8) is 0 Å². The summed E-state index contributed by atoms with van der Waals surface area (Å²) in [6.45, 7) is 126. The first-order valence-electron chi connectivity index (χ1n) is 59.9. The van der Waals surface area contributed by atoms with Crippen LogP contribution < -0.4 is 0 Å². The average Bonchev–Trinajstić information content (AvgIpc) is 1.60. The molecular weight excluding hydrogens is 1800 g/mol. The smallest absolute Gasteiger partial charge is 0.112 e. The maximum absolute atomic E-state index is 9.75. The van der Waals surface area contributed by atoms with E-state index < -0.39 is 35.4 Å². The van der Waals surface area contributed by atoms with Gasteiger partial charge in [-0.2, -0.15) is 0 Å². The molecule has 5 heterocycles. The lowest BCUT2D eigenvalue weighted by molar-refractivity contribution is -0.192. The van der Waals surface area contributed by atoms with Crippen LogP contribution >= 0.6 is 0 Å². The van der Waals surface area contributed by atoms with Crippen molar-refractivity contribution in [1.29, 1.82) is 0 Å². The summed E-state index contributed by atoms with van der Waals surface area (Å²) < 4.78 is 56.8. The van der Waals surface area contributed by atoms with Gasteiger partial charge >= 0.3 is 0 Å². The minimum Gasteiger partial charge on any atom is -0.396 e. The summed E-state index contributed by atoms with van der Waals surface area (Å²) in [5, 5.41) is 112. The predicted molar refractivity (Wildman–Crippen MR) is 622 cm³/mol. The third-order valence-electron chi connectivity index (χ3n) is 31.5. The largest absolute Gasteiger partial charge is 0.396 e. The number of aliphatic hydroxyl groups excluding tert-OH is 6. The standard InChI is InChI=1S/3C9H18O.C8H17N.2C8H16O2.5C8H16O.2C8H18O.2C7H14O.3C2H6/c1-8(2,3)7-5-9(4,10)6-7;1-8(2,3)9(7-10)5-4-6-9;1-8(2,3)7-9(10)5-4-6-9;1-8(2,3)7-5-9(4)6-7;1-7(2,3)8(4-9)5-10-6-8;1-7(2,3)4-8(9)5-10-6-8;1-7(2,3)8(4)5-9-6-8;1-8(2,3)6-4-7(9)5-6;1-7(2,3)8(6-9)4-5-8;1-7(2,3)6-8(9)4-5-8;1-8(2,3)6-4-5-7(6)9;2*1-7(2,3)6-8(4,5)9;1-7(2,3)6-4-8-5-6;1-7(2,3)5-4-6(5)8;3*1-2/h7,10H,5-6H2,1-4H3;2*10H,4-7H2,1-3H3;7H,5-6H2,1-4H3;2*9H,4-6H2,1-3H3;5-6H2,1-4H3;6-7,9H,4-5H2,1-3H3;2*9H,4-6H2,1-3H3;6-7,9H,4-5H2,1-3H3;2*9H,6H2,1-5H3;6H,4-5H2,1-3H3;5-6,8H,4H2,1-3H3;3*1-2H3/i;;;;;;;;;;;6D2;4D3;;;;;. The molecular formula is C127H265NO16. The first-order valence-corrected chi connectivity index (χ1v) is 57.4. The third kappa shape index (κ3) is 64.7. The third-order valence-corrected chi connectivity index (χ3v) is 31.5. The summed E-state index contributed by atoms with van der Waals surface area (Å²) in [4.78, 5) is 2.37. The molecule has 12 N–H and O–H groups in total. The Morgan fingerprint density at radius 1 is 0.326 bits per heavy atom. The van der Waals surface area contributed by atoms with E-state index in [0.29, 0.717) is 111 Å². The van der Waals surface area contributed by atoms with Crippen molar-refractivity contribution in [3.05, 3.63) is 0 Å². The van der Waals surface area contributed by atoms with Crippen molar-refractivity contribution in [3.8, 4) is 0 Å². The number of likely N-dealkylation sites (tertiary alicyclic amines) is 1. The molecule has 0 aromatic heterocycles. The molecule has 13 rings (SSSR count). The lowest BCUT2D eigenvalue weighted by Crippen LogP contribution is -2.54. The zero-order valence-electron chi connectivity index (χ0n) is 112. The normalized spacial score (nSPS) is 26.4. The highest BCUT2D eigenvalue weighted by Crippen LogP contribution is 2.59. The molecule has 8 saturated carbocycles. The van der Waals surface area contributed by atoms with Crippen molar-refractivity contribution in [1.82, 2.24) is 4.90 Å². The molecule has 5 unspecified atom stereocenters. The van der Waals surface area contributed by atoms with E-state index in [1.807, 2.05) is 69.2 Å². The molecule has 144 heavy (non-hydrogen) atoms. The van der Waals surface area contributed by atoms with Crippen LogP contribution in [-0.4, -0.2) is 211 Å². The van der Waals surface area contributed by atoms with E-state index in [1.54, 1.807) is 20.8 Å². The fourth-order valence-corrected chi connectivity index (χ4v) is 18.9. The summed E-state index contributed by atoms with van der Waals surface area (Å²) in [7, 11) is 2.18. The van der Waals surface area contributed by atoms with Gasteiger partial charge in [0, 0.05) is 49.9 Å². The number of rotatable bonds is 8. The number of aliphatic hydroxyl groups is 12. The number of ether oxygens (including phenoxy) is 4. The van der Waals surface area contributed by atoms with Gasteiger partial charge in [-0.1, -0.05) is 366 Å². The molecule has 17 nitrogen and oxygen atoms in total. The molecule has 17 heteroatoms. The van der Waals surface area contributed by atoms with Gasteiger partial charge in [0.1, 0.15) is 5.60 Å². The molecule has 0 aromatic rings. The Bertz CT molecular complexity index is 3330. The van der Waals surface area contributed by atoms with Crippen molar-refractivity contribution in [2.24, 2.45) is 138 Å².